The molecule has 0 atom stereocenters. The molecule has 0 aliphatic carbocycles. The van der Waals surface area contributed by atoms with Gasteiger partial charge in [0, 0.05) is 0 Å². The maximum atomic E-state index is 5.43. The highest BCUT2D eigenvalue weighted by molar-refractivity contribution is 7.44. The molecule has 0 amide bonds. The lowest BCUT2D eigenvalue weighted by atomic mass is 11.9. The van der Waals surface area contributed by atoms with Gasteiger partial charge in [0.15, 0.2) is 0 Å². The summed E-state index contributed by atoms with van der Waals surface area (Å²) in [5.41, 5.74) is 0. The van der Waals surface area contributed by atoms with E-state index >= 15 is 0 Å². The zero-order chi connectivity index (χ0) is 9.00. The van der Waals surface area contributed by atoms with Crippen LogP contribution in [-0.2, 0) is 0 Å². The fourth-order valence-corrected chi connectivity index (χ4v) is 0. The van der Waals surface area contributed by atoms with Crippen LogP contribution in [0.3, 0.4) is 0 Å². The Hall–Kier alpha value is 1.59. The van der Waals surface area contributed by atoms with E-state index in [0.29, 0.717) is 0 Å². The molecule has 6 heteroatoms. The van der Waals surface area contributed by atoms with Crippen molar-refractivity contribution in [1.29, 1.82) is 0 Å². The van der Waals surface area contributed by atoms with Crippen LogP contribution in [0.25, 0.3) is 0 Å². The third-order valence-electron chi connectivity index (χ3n) is 0. The molecule has 0 saturated carbocycles. The zero-order valence-electron chi connectivity index (χ0n) is 6.51. The summed E-state index contributed by atoms with van der Waals surface area (Å²) in [6, 6.07) is 0. The van der Waals surface area contributed by atoms with E-state index in [2.05, 4.69) is 0 Å². The van der Waals surface area contributed by atoms with E-state index in [1.54, 1.807) is 0 Å². The molecule has 0 N–H and O–H groups in total. The van der Waals surface area contributed by atoms with Crippen LogP contribution in [0.5, 0.6) is 0 Å². The predicted molar refractivity (Wildman–Crippen MR) is 58.4 cm³/mol. The summed E-state index contributed by atoms with van der Waals surface area (Å²) in [4.78, 5) is 0. The van der Waals surface area contributed by atoms with Crippen molar-refractivity contribution in [2.45, 2.75) is 26.2 Å². The van der Waals surface area contributed by atoms with E-state index in [4.69, 9.17) is 44.3 Å². The van der Waals surface area contributed by atoms with Gasteiger partial charge in [-0.25, -0.2) is 0 Å². The molecule has 0 nitrogen and oxygen atoms in total. The zero-order valence-corrected chi connectivity index (χ0v) is 11.5. The van der Waals surface area contributed by atoms with Crippen molar-refractivity contribution in [3.05, 3.63) is 0 Å². The molecule has 0 spiro atoms. The summed E-state index contributed by atoms with van der Waals surface area (Å²) in [7, 11) is 0. The van der Waals surface area contributed by atoms with Gasteiger partial charge in [0.05, 0.1) is 0 Å². The first-order valence-electron chi connectivity index (χ1n) is 2.76. The first kappa shape index (κ1) is 14.1. The normalized spacial score (nSPS) is 12.0. The van der Waals surface area contributed by atoms with Crippen LogP contribution < -0.4 is 0 Å². The summed E-state index contributed by atoms with van der Waals surface area (Å²) in [6.07, 6.45) is 0. The highest BCUT2D eigenvalue weighted by Gasteiger charge is 2.09. The van der Waals surface area contributed by atoms with Crippen LogP contribution in [-0.4, -0.2) is 13.4 Å². The molecule has 0 aliphatic heterocycles. The second-order valence-electron chi connectivity index (χ2n) is 2.65. The number of halogens is 4. The molecule has 0 radical (unpaired) electrons. The second-order valence-corrected chi connectivity index (χ2v) is 20.5. The Morgan fingerprint density at radius 2 is 0.600 bits per heavy atom. The Bertz CT molecular complexity index is 58.2. The van der Waals surface area contributed by atoms with Crippen molar-refractivity contribution < 1.29 is 0 Å². The van der Waals surface area contributed by atoms with Gasteiger partial charge in [-0.3, -0.25) is 0 Å². The second kappa shape index (κ2) is 5.28. The minimum absolute atomic E-state index is 1.67. The highest BCUT2D eigenvalue weighted by atomic mass is 35.7. The predicted octanol–water partition coefficient (Wildman–Crippen LogP) is 4.33. The molecule has 0 saturated heterocycles. The average Bonchev–Trinajstić information content (AvgIpc) is 1.12. The maximum absolute atomic E-state index is 5.43. The number of hydrogen-bond acceptors (Lipinski definition) is 0. The van der Waals surface area contributed by atoms with Crippen molar-refractivity contribution in [3.63, 3.8) is 0 Å². The number of hydrogen-bond donors (Lipinski definition) is 0. The lowest BCUT2D eigenvalue weighted by Crippen LogP contribution is -2.02. The molecule has 0 aliphatic rings. The van der Waals surface area contributed by atoms with E-state index in [0.717, 1.165) is 0 Å². The summed E-state index contributed by atoms with van der Waals surface area (Å²) < 4.78 is 0. The van der Waals surface area contributed by atoms with Crippen molar-refractivity contribution in [2.75, 3.05) is 0 Å². The molecule has 0 heterocycles. The van der Waals surface area contributed by atoms with Gasteiger partial charge < -0.3 is 0 Å². The average molecular weight is 258 g/mol. The van der Waals surface area contributed by atoms with Crippen LogP contribution in [0, 0.1) is 0 Å². The maximum Gasteiger partial charge on any atom is 0.245 e. The van der Waals surface area contributed by atoms with Crippen LogP contribution in [0.15, 0.2) is 0 Å². The molecule has 0 fully saturated rings. The van der Waals surface area contributed by atoms with E-state index in [9.17, 15) is 0 Å². The smallest absolute Gasteiger partial charge is 0.146 e. The van der Waals surface area contributed by atoms with Gasteiger partial charge in [-0.1, -0.05) is 0 Å². The van der Waals surface area contributed by atoms with Crippen molar-refractivity contribution in [1.82, 2.24) is 0 Å². The molecule has 0 aromatic heterocycles. The van der Waals surface area contributed by atoms with Gasteiger partial charge in [0.1, 0.15) is 0 Å². The first-order chi connectivity index (χ1) is 4.00. The fourth-order valence-electron chi connectivity index (χ4n) is 0. The van der Waals surface area contributed by atoms with E-state index < -0.39 is 13.4 Å². The highest BCUT2D eigenvalue weighted by Crippen LogP contribution is 2.11. The first-order valence-corrected chi connectivity index (χ1v) is 12.8. The molecular formula is C4H12Cl4Si2. The number of rotatable bonds is 0. The summed E-state index contributed by atoms with van der Waals surface area (Å²) in [6.45, 7) is 4.10. The standard InChI is InChI=1S/2C2H6Cl2Si/c2*1-5(2,3)4/h2*1-2H3. The molecule has 64 valence electrons. The minimum Gasteiger partial charge on any atom is -0.146 e. The fraction of sp³-hybridized carbons (Fsp3) is 1.00. The van der Waals surface area contributed by atoms with Crippen molar-refractivity contribution >= 4 is 57.7 Å². The molecule has 0 rings (SSSR count). The van der Waals surface area contributed by atoms with Crippen LogP contribution in [0.2, 0.25) is 26.2 Å². The Balaban J connectivity index is 0. The monoisotopic (exact) mass is 256 g/mol. The lowest BCUT2D eigenvalue weighted by Gasteiger charge is -1.93. The van der Waals surface area contributed by atoms with E-state index in [1.807, 2.05) is 26.2 Å². The Morgan fingerprint density at radius 3 is 0.600 bits per heavy atom. The molecule has 0 aromatic carbocycles. The van der Waals surface area contributed by atoms with Gasteiger partial charge in [-0.2, -0.15) is 0 Å². The summed E-state index contributed by atoms with van der Waals surface area (Å²) in [5.74, 6) is 0. The lowest BCUT2D eigenvalue weighted by molar-refractivity contribution is 2.06. The third-order valence-corrected chi connectivity index (χ3v) is 0. The van der Waals surface area contributed by atoms with Crippen LogP contribution >= 0.6 is 44.3 Å². The van der Waals surface area contributed by atoms with E-state index in [-0.39, 0.29) is 0 Å². The van der Waals surface area contributed by atoms with Crippen LogP contribution in [0.1, 0.15) is 0 Å². The SMILES string of the molecule is C[Si](C)(Cl)Cl.C[Si](C)(Cl)Cl. The summed E-state index contributed by atoms with van der Waals surface area (Å²) >= 11 is 21.7. The molecular weight excluding hydrogens is 246 g/mol. The van der Waals surface area contributed by atoms with Gasteiger partial charge >= 0.3 is 0 Å². The van der Waals surface area contributed by atoms with Crippen molar-refractivity contribution in [2.24, 2.45) is 0 Å². The van der Waals surface area contributed by atoms with Gasteiger partial charge in [0.25, 0.3) is 0 Å². The Morgan fingerprint density at radius 1 is 0.600 bits per heavy atom. The minimum atomic E-state index is -1.67. The molecule has 0 aromatic rings. The topological polar surface area (TPSA) is 0 Å². The summed E-state index contributed by atoms with van der Waals surface area (Å²) in [5, 5.41) is 0. The quantitative estimate of drug-likeness (QED) is 0.448. The molecule has 10 heavy (non-hydrogen) atoms. The Labute approximate surface area is 83.6 Å². The molecule has 0 bridgehead atoms. The Kier molecular flexibility index (Phi) is 7.46. The third kappa shape index (κ3) is 279. The molecule has 0 unspecified atom stereocenters. The van der Waals surface area contributed by atoms with E-state index in [1.165, 1.54) is 0 Å². The van der Waals surface area contributed by atoms with Crippen molar-refractivity contribution in [3.8, 4) is 0 Å². The largest absolute Gasteiger partial charge is 0.245 e. The van der Waals surface area contributed by atoms with Crippen LogP contribution in [0.4, 0.5) is 0 Å². The van der Waals surface area contributed by atoms with Gasteiger partial charge in [-0.05, 0) is 26.2 Å². The van der Waals surface area contributed by atoms with Gasteiger partial charge in [0.2, 0.25) is 13.4 Å². The van der Waals surface area contributed by atoms with Gasteiger partial charge in [-0.15, -0.1) is 44.3 Å².